The maximum Gasteiger partial charge on any atom is 0.369 e. The maximum atomic E-state index is 12.7. The molecular weight excluding hydrogens is 342 g/mol. The van der Waals surface area contributed by atoms with Gasteiger partial charge in [-0.2, -0.15) is 0 Å². The Hall–Kier alpha value is -3.74. The second-order valence-electron chi connectivity index (χ2n) is 6.17. The Morgan fingerprint density at radius 1 is 1.00 bits per heavy atom. The number of nitrogens with one attached hydrogen (secondary N) is 1. The van der Waals surface area contributed by atoms with Gasteiger partial charge in [0.15, 0.2) is 0 Å². The summed E-state index contributed by atoms with van der Waals surface area (Å²) in [6.45, 7) is 3.88. The third kappa shape index (κ3) is 3.48. The third-order valence-electron chi connectivity index (χ3n) is 4.06. The molecule has 4 aromatic rings. The summed E-state index contributed by atoms with van der Waals surface area (Å²) in [5, 5.41) is 11.0. The number of pyridine rings is 1. The zero-order valence-corrected chi connectivity index (χ0v) is 14.9. The van der Waals surface area contributed by atoms with Crippen LogP contribution in [0.2, 0.25) is 0 Å². The molecule has 0 aliphatic heterocycles. The van der Waals surface area contributed by atoms with Crippen molar-refractivity contribution in [1.82, 2.24) is 20.1 Å². The second-order valence-corrected chi connectivity index (χ2v) is 6.17. The number of aromatic nitrogens is 4. The number of carbonyl (C=O) groups excluding carboxylic acids is 1. The molecule has 0 aliphatic carbocycles. The van der Waals surface area contributed by atoms with Crippen LogP contribution >= 0.6 is 0 Å². The van der Waals surface area contributed by atoms with Gasteiger partial charge in [0, 0.05) is 11.4 Å². The second kappa shape index (κ2) is 6.87. The molecule has 0 saturated heterocycles. The van der Waals surface area contributed by atoms with Crippen molar-refractivity contribution in [1.29, 1.82) is 0 Å². The Balaban J connectivity index is 1.64. The lowest BCUT2D eigenvalue weighted by Gasteiger charge is -2.11. The van der Waals surface area contributed by atoms with Gasteiger partial charge in [-0.25, -0.2) is 9.78 Å². The Morgan fingerprint density at radius 2 is 1.78 bits per heavy atom. The number of fused-ring (bicyclic) bond motifs is 1. The van der Waals surface area contributed by atoms with Crippen molar-refractivity contribution in [3.8, 4) is 0 Å². The highest BCUT2D eigenvalue weighted by atomic mass is 16.7. The average Bonchev–Trinajstić information content (AvgIpc) is 3.07. The van der Waals surface area contributed by atoms with Crippen molar-refractivity contribution >= 4 is 28.5 Å². The van der Waals surface area contributed by atoms with Gasteiger partial charge in [-0.05, 0) is 55.5 Å². The summed E-state index contributed by atoms with van der Waals surface area (Å²) in [6.07, 6.45) is 0. The van der Waals surface area contributed by atoms with E-state index in [2.05, 4.69) is 20.6 Å². The number of aryl methyl sites for hydroxylation is 2. The number of rotatable bonds is 4. The molecule has 7 nitrogen and oxygen atoms in total. The molecule has 4 rings (SSSR count). The number of hydrogen-bond acceptors (Lipinski definition) is 6. The number of anilines is 2. The summed E-state index contributed by atoms with van der Waals surface area (Å²) in [6, 6.07) is 18.5. The first-order valence-electron chi connectivity index (χ1n) is 8.44. The molecule has 2 aromatic carbocycles. The van der Waals surface area contributed by atoms with Crippen LogP contribution in [-0.2, 0) is 0 Å². The fourth-order valence-corrected chi connectivity index (χ4v) is 2.63. The van der Waals surface area contributed by atoms with E-state index in [0.29, 0.717) is 22.4 Å². The largest absolute Gasteiger partial charge is 0.369 e. The van der Waals surface area contributed by atoms with Crippen LogP contribution in [0.4, 0.5) is 11.5 Å². The van der Waals surface area contributed by atoms with Crippen LogP contribution < -0.4 is 10.2 Å². The standard InChI is InChI=1S/C20H17N5O2/c1-13-7-10-15(11-8-13)22-19-16(12-9-14(2)21-19)20(26)27-25-18-6-4-3-5-17(18)23-24-25/h3-12H,1-2H3,(H,21,22). The van der Waals surface area contributed by atoms with Gasteiger partial charge in [-0.1, -0.05) is 34.7 Å². The van der Waals surface area contributed by atoms with E-state index in [1.165, 1.54) is 0 Å². The predicted molar refractivity (Wildman–Crippen MR) is 102 cm³/mol. The fraction of sp³-hybridized carbons (Fsp3) is 0.100. The van der Waals surface area contributed by atoms with E-state index in [-0.39, 0.29) is 0 Å². The molecular formula is C20H17N5O2. The van der Waals surface area contributed by atoms with Crippen LogP contribution in [0.15, 0.2) is 60.7 Å². The number of hydrogen-bond donors (Lipinski definition) is 1. The van der Waals surface area contributed by atoms with Crippen LogP contribution in [-0.4, -0.2) is 26.1 Å². The van der Waals surface area contributed by atoms with Crippen LogP contribution in [0.1, 0.15) is 21.6 Å². The molecule has 0 atom stereocenters. The monoisotopic (exact) mass is 359 g/mol. The van der Waals surface area contributed by atoms with Gasteiger partial charge in [0.2, 0.25) is 0 Å². The van der Waals surface area contributed by atoms with E-state index in [9.17, 15) is 4.79 Å². The highest BCUT2D eigenvalue weighted by molar-refractivity contribution is 5.96. The molecule has 0 bridgehead atoms. The van der Waals surface area contributed by atoms with E-state index in [1.54, 1.807) is 24.3 Å². The molecule has 1 N–H and O–H groups in total. The molecule has 0 spiro atoms. The predicted octanol–water partition coefficient (Wildman–Crippen LogP) is 3.46. The number of nitrogens with zero attached hydrogens (tertiary/aromatic N) is 4. The van der Waals surface area contributed by atoms with Crippen LogP contribution in [0.3, 0.4) is 0 Å². The Bertz CT molecular complexity index is 1120. The van der Waals surface area contributed by atoms with Gasteiger partial charge in [0.05, 0.1) is 0 Å². The van der Waals surface area contributed by atoms with E-state index < -0.39 is 5.97 Å². The van der Waals surface area contributed by atoms with Crippen molar-refractivity contribution in [2.24, 2.45) is 0 Å². The topological polar surface area (TPSA) is 81.9 Å². The first kappa shape index (κ1) is 16.7. The molecule has 0 unspecified atom stereocenters. The number of para-hydroxylation sites is 1. The molecule has 27 heavy (non-hydrogen) atoms. The molecule has 134 valence electrons. The molecule has 0 fully saturated rings. The Kier molecular flexibility index (Phi) is 4.25. The quantitative estimate of drug-likeness (QED) is 0.562. The van der Waals surface area contributed by atoms with Crippen molar-refractivity contribution in [3.63, 3.8) is 0 Å². The lowest BCUT2D eigenvalue weighted by Crippen LogP contribution is -2.22. The number of carbonyl (C=O) groups is 1. The van der Waals surface area contributed by atoms with Gasteiger partial charge in [0.1, 0.15) is 22.4 Å². The first-order chi connectivity index (χ1) is 13.1. The van der Waals surface area contributed by atoms with E-state index >= 15 is 0 Å². The Labute approximate surface area is 155 Å². The zero-order chi connectivity index (χ0) is 18.8. The molecule has 7 heteroatoms. The normalized spacial score (nSPS) is 10.7. The van der Waals surface area contributed by atoms with Crippen molar-refractivity contribution < 1.29 is 9.63 Å². The first-order valence-corrected chi connectivity index (χ1v) is 8.44. The molecule has 2 heterocycles. The highest BCUT2D eigenvalue weighted by Crippen LogP contribution is 2.20. The van der Waals surface area contributed by atoms with Gasteiger partial charge >= 0.3 is 5.97 Å². The zero-order valence-electron chi connectivity index (χ0n) is 14.9. The Morgan fingerprint density at radius 3 is 2.59 bits per heavy atom. The lowest BCUT2D eigenvalue weighted by atomic mass is 10.2. The van der Waals surface area contributed by atoms with E-state index in [4.69, 9.17) is 4.84 Å². The fourth-order valence-electron chi connectivity index (χ4n) is 2.63. The van der Waals surface area contributed by atoms with Gasteiger partial charge < -0.3 is 10.2 Å². The van der Waals surface area contributed by atoms with Crippen LogP contribution in [0.25, 0.3) is 11.0 Å². The van der Waals surface area contributed by atoms with Crippen molar-refractivity contribution in [2.45, 2.75) is 13.8 Å². The van der Waals surface area contributed by atoms with Crippen LogP contribution in [0.5, 0.6) is 0 Å². The minimum Gasteiger partial charge on any atom is -0.340 e. The smallest absolute Gasteiger partial charge is 0.340 e. The minimum atomic E-state index is -0.576. The van der Waals surface area contributed by atoms with E-state index in [1.807, 2.05) is 50.2 Å². The molecule has 0 saturated carbocycles. The molecule has 0 aliphatic rings. The SMILES string of the molecule is Cc1ccc(Nc2nc(C)ccc2C(=O)On2nnc3ccccc32)cc1. The maximum absolute atomic E-state index is 12.7. The van der Waals surface area contributed by atoms with Crippen molar-refractivity contribution in [2.75, 3.05) is 5.32 Å². The third-order valence-corrected chi connectivity index (χ3v) is 4.06. The number of benzene rings is 2. The van der Waals surface area contributed by atoms with E-state index in [0.717, 1.165) is 21.8 Å². The molecule has 0 radical (unpaired) electrons. The van der Waals surface area contributed by atoms with Gasteiger partial charge in [-0.3, -0.25) is 0 Å². The molecule has 2 aromatic heterocycles. The summed E-state index contributed by atoms with van der Waals surface area (Å²) in [4.78, 5) is 23.7. The van der Waals surface area contributed by atoms with Gasteiger partial charge in [0.25, 0.3) is 0 Å². The van der Waals surface area contributed by atoms with Gasteiger partial charge in [-0.15, -0.1) is 5.10 Å². The summed E-state index contributed by atoms with van der Waals surface area (Å²) in [5.74, 6) is -0.152. The average molecular weight is 359 g/mol. The summed E-state index contributed by atoms with van der Waals surface area (Å²) >= 11 is 0. The van der Waals surface area contributed by atoms with Crippen molar-refractivity contribution in [3.05, 3.63) is 77.5 Å². The highest BCUT2D eigenvalue weighted by Gasteiger charge is 2.18. The summed E-state index contributed by atoms with van der Waals surface area (Å²) in [5.41, 5.74) is 4.33. The minimum absolute atomic E-state index is 0.306. The summed E-state index contributed by atoms with van der Waals surface area (Å²) < 4.78 is 0. The summed E-state index contributed by atoms with van der Waals surface area (Å²) in [7, 11) is 0. The van der Waals surface area contributed by atoms with Crippen LogP contribution in [0, 0.1) is 13.8 Å². The molecule has 0 amide bonds. The lowest BCUT2D eigenvalue weighted by molar-refractivity contribution is 0.0409.